The normalized spacial score (nSPS) is 22.7. The van der Waals surface area contributed by atoms with E-state index < -0.39 is 5.97 Å². The number of pyridine rings is 1. The van der Waals surface area contributed by atoms with Crippen LogP contribution in [0.5, 0.6) is 0 Å². The first-order valence-electron chi connectivity index (χ1n) is 7.38. The van der Waals surface area contributed by atoms with E-state index in [-0.39, 0.29) is 11.6 Å². The number of carboxylic acids is 1. The predicted octanol–water partition coefficient (Wildman–Crippen LogP) is 1.09. The van der Waals surface area contributed by atoms with E-state index in [0.29, 0.717) is 11.6 Å². The summed E-state index contributed by atoms with van der Waals surface area (Å²) in [4.78, 5) is 31.4. The smallest absolute Gasteiger partial charge is 0.354 e. The number of amides is 1. The van der Waals surface area contributed by atoms with Crippen molar-refractivity contribution in [3.63, 3.8) is 0 Å². The number of carbonyl (C=O) groups is 2. The molecule has 0 spiro atoms. The average Bonchev–Trinajstić information content (AvgIpc) is 2.54. The quantitative estimate of drug-likeness (QED) is 0.882. The topological polar surface area (TPSA) is 73.7 Å². The molecule has 6 nitrogen and oxygen atoms in total. The second kappa shape index (κ2) is 5.81. The Labute approximate surface area is 123 Å². The maximum atomic E-state index is 12.5. The highest BCUT2D eigenvalue weighted by molar-refractivity contribution is 5.95. The SMILES string of the molecule is O=C(O)c1ccc(C(=O)N2CCN3CCCCC3C2)cn1. The fraction of sp³-hybridized carbons (Fsp3) is 0.533. The zero-order valence-corrected chi connectivity index (χ0v) is 11.9. The number of carboxylic acid groups (broad SMARTS) is 1. The predicted molar refractivity (Wildman–Crippen MR) is 76.3 cm³/mol. The van der Waals surface area contributed by atoms with Gasteiger partial charge < -0.3 is 10.0 Å². The molecule has 21 heavy (non-hydrogen) atoms. The zero-order chi connectivity index (χ0) is 14.8. The monoisotopic (exact) mass is 289 g/mol. The summed E-state index contributed by atoms with van der Waals surface area (Å²) in [5.41, 5.74) is 0.424. The molecule has 0 saturated carbocycles. The van der Waals surface area contributed by atoms with Gasteiger partial charge >= 0.3 is 5.97 Å². The van der Waals surface area contributed by atoms with Crippen LogP contribution in [0.1, 0.15) is 40.1 Å². The lowest BCUT2D eigenvalue weighted by atomic mass is 9.99. The van der Waals surface area contributed by atoms with Crippen LogP contribution in [-0.2, 0) is 0 Å². The van der Waals surface area contributed by atoms with Crippen LogP contribution < -0.4 is 0 Å². The van der Waals surface area contributed by atoms with E-state index in [1.807, 2.05) is 4.90 Å². The third-order valence-electron chi connectivity index (χ3n) is 4.35. The number of hydrogen-bond acceptors (Lipinski definition) is 4. The minimum Gasteiger partial charge on any atom is -0.477 e. The van der Waals surface area contributed by atoms with Gasteiger partial charge in [0.2, 0.25) is 0 Å². The molecule has 2 saturated heterocycles. The van der Waals surface area contributed by atoms with Crippen molar-refractivity contribution >= 4 is 11.9 Å². The van der Waals surface area contributed by atoms with Crippen molar-refractivity contribution in [1.82, 2.24) is 14.8 Å². The van der Waals surface area contributed by atoms with E-state index >= 15 is 0 Å². The average molecular weight is 289 g/mol. The number of hydrogen-bond donors (Lipinski definition) is 1. The summed E-state index contributed by atoms with van der Waals surface area (Å²) in [6, 6.07) is 3.40. The highest BCUT2D eigenvalue weighted by Crippen LogP contribution is 2.22. The van der Waals surface area contributed by atoms with Crippen molar-refractivity contribution in [2.45, 2.75) is 25.3 Å². The first-order chi connectivity index (χ1) is 10.1. The zero-order valence-electron chi connectivity index (χ0n) is 11.9. The van der Waals surface area contributed by atoms with Crippen LogP contribution in [0.3, 0.4) is 0 Å². The van der Waals surface area contributed by atoms with E-state index in [0.717, 1.165) is 32.6 Å². The Hall–Kier alpha value is -1.95. The van der Waals surface area contributed by atoms with Crippen LogP contribution in [-0.4, -0.2) is 64.0 Å². The van der Waals surface area contributed by atoms with Gasteiger partial charge in [0.15, 0.2) is 0 Å². The van der Waals surface area contributed by atoms with E-state index in [1.165, 1.54) is 25.1 Å². The van der Waals surface area contributed by atoms with Gasteiger partial charge in [-0.05, 0) is 31.5 Å². The first kappa shape index (κ1) is 14.0. The van der Waals surface area contributed by atoms with Crippen molar-refractivity contribution in [2.24, 2.45) is 0 Å². The van der Waals surface area contributed by atoms with Crippen LogP contribution in [0.25, 0.3) is 0 Å². The lowest BCUT2D eigenvalue weighted by Gasteiger charge is -2.44. The summed E-state index contributed by atoms with van der Waals surface area (Å²) >= 11 is 0. The molecule has 0 aliphatic carbocycles. The molecule has 0 bridgehead atoms. The van der Waals surface area contributed by atoms with E-state index in [2.05, 4.69) is 9.88 Å². The van der Waals surface area contributed by atoms with Crippen LogP contribution in [0, 0.1) is 0 Å². The molecule has 2 fully saturated rings. The minimum absolute atomic E-state index is 0.0383. The van der Waals surface area contributed by atoms with Gasteiger partial charge in [-0.2, -0.15) is 0 Å². The molecule has 1 aromatic heterocycles. The number of nitrogens with zero attached hydrogens (tertiary/aromatic N) is 3. The Balaban J connectivity index is 1.68. The minimum atomic E-state index is -1.08. The summed E-state index contributed by atoms with van der Waals surface area (Å²) in [5, 5.41) is 8.83. The van der Waals surface area contributed by atoms with Gasteiger partial charge in [0, 0.05) is 31.9 Å². The molecule has 1 aromatic rings. The largest absolute Gasteiger partial charge is 0.477 e. The molecule has 3 heterocycles. The van der Waals surface area contributed by atoms with Gasteiger partial charge in [-0.1, -0.05) is 6.42 Å². The third kappa shape index (κ3) is 2.90. The Morgan fingerprint density at radius 1 is 1.19 bits per heavy atom. The number of piperidine rings is 1. The van der Waals surface area contributed by atoms with E-state index in [9.17, 15) is 9.59 Å². The van der Waals surface area contributed by atoms with Gasteiger partial charge in [-0.3, -0.25) is 9.69 Å². The highest BCUT2D eigenvalue weighted by Gasteiger charge is 2.31. The molecule has 1 unspecified atom stereocenters. The number of carbonyl (C=O) groups excluding carboxylic acids is 1. The standard InChI is InChI=1S/C15H19N3O3/c19-14(11-4-5-13(15(20)21)16-9-11)18-8-7-17-6-2-1-3-12(17)10-18/h4-5,9,12H,1-3,6-8,10H2,(H,20,21). The molecule has 6 heteroatoms. The number of fused-ring (bicyclic) bond motifs is 1. The molecule has 2 aliphatic heterocycles. The van der Waals surface area contributed by atoms with Crippen molar-refractivity contribution in [3.8, 4) is 0 Å². The molecule has 2 aliphatic rings. The summed E-state index contributed by atoms with van der Waals surface area (Å²) in [6.45, 7) is 3.56. The summed E-state index contributed by atoms with van der Waals surface area (Å²) in [7, 11) is 0. The molecule has 0 radical (unpaired) electrons. The molecule has 1 amide bonds. The molecule has 1 atom stereocenters. The van der Waals surface area contributed by atoms with E-state index in [1.54, 1.807) is 6.07 Å². The number of aromatic carboxylic acids is 1. The van der Waals surface area contributed by atoms with Crippen molar-refractivity contribution < 1.29 is 14.7 Å². The summed E-state index contributed by atoms with van der Waals surface area (Å²) < 4.78 is 0. The van der Waals surface area contributed by atoms with E-state index in [4.69, 9.17) is 5.11 Å². The molecular formula is C15H19N3O3. The van der Waals surface area contributed by atoms with Crippen LogP contribution in [0.2, 0.25) is 0 Å². The maximum Gasteiger partial charge on any atom is 0.354 e. The van der Waals surface area contributed by atoms with Gasteiger partial charge in [-0.15, -0.1) is 0 Å². The molecule has 112 valence electrons. The van der Waals surface area contributed by atoms with Crippen molar-refractivity contribution in [1.29, 1.82) is 0 Å². The third-order valence-corrected chi connectivity index (χ3v) is 4.35. The first-order valence-corrected chi connectivity index (χ1v) is 7.38. The molecule has 3 rings (SSSR count). The number of aromatic nitrogens is 1. The van der Waals surface area contributed by atoms with Crippen LogP contribution >= 0.6 is 0 Å². The fourth-order valence-electron chi connectivity index (χ4n) is 3.17. The van der Waals surface area contributed by atoms with Crippen LogP contribution in [0.4, 0.5) is 0 Å². The van der Waals surface area contributed by atoms with Crippen molar-refractivity contribution in [2.75, 3.05) is 26.2 Å². The second-order valence-corrected chi connectivity index (χ2v) is 5.67. The Morgan fingerprint density at radius 2 is 2.05 bits per heavy atom. The lowest BCUT2D eigenvalue weighted by Crippen LogP contribution is -2.56. The van der Waals surface area contributed by atoms with Gasteiger partial charge in [0.05, 0.1) is 5.56 Å². The number of piperazine rings is 1. The molecular weight excluding hydrogens is 270 g/mol. The van der Waals surface area contributed by atoms with Gasteiger partial charge in [0.25, 0.3) is 5.91 Å². The number of rotatable bonds is 2. The fourth-order valence-corrected chi connectivity index (χ4v) is 3.17. The Kier molecular flexibility index (Phi) is 3.88. The summed E-state index contributed by atoms with van der Waals surface area (Å²) in [5.74, 6) is -1.13. The lowest BCUT2D eigenvalue weighted by molar-refractivity contribution is 0.0372. The molecule has 1 N–H and O–H groups in total. The van der Waals surface area contributed by atoms with Crippen molar-refractivity contribution in [3.05, 3.63) is 29.6 Å². The summed E-state index contributed by atoms with van der Waals surface area (Å²) in [6.07, 6.45) is 5.00. The Bertz CT molecular complexity index is 544. The Morgan fingerprint density at radius 3 is 2.76 bits per heavy atom. The van der Waals surface area contributed by atoms with Gasteiger partial charge in [0.1, 0.15) is 5.69 Å². The maximum absolute atomic E-state index is 12.5. The highest BCUT2D eigenvalue weighted by atomic mass is 16.4. The van der Waals surface area contributed by atoms with Gasteiger partial charge in [-0.25, -0.2) is 9.78 Å². The van der Waals surface area contributed by atoms with Crippen LogP contribution in [0.15, 0.2) is 18.3 Å². The molecule has 0 aromatic carbocycles. The second-order valence-electron chi connectivity index (χ2n) is 5.67.